The van der Waals surface area contributed by atoms with Crippen molar-refractivity contribution in [2.24, 2.45) is 0 Å². The molecule has 0 amide bonds. The van der Waals surface area contributed by atoms with Gasteiger partial charge in [0.1, 0.15) is 4.21 Å². The van der Waals surface area contributed by atoms with Gasteiger partial charge in [-0.1, -0.05) is 26.0 Å². The van der Waals surface area contributed by atoms with Crippen LogP contribution in [0, 0.1) is 0 Å². The van der Waals surface area contributed by atoms with Gasteiger partial charge in [-0.15, -0.1) is 11.3 Å². The van der Waals surface area contributed by atoms with Crippen LogP contribution in [0.15, 0.2) is 40.6 Å². The number of sulfonamides is 1. The Labute approximate surface area is 158 Å². The summed E-state index contributed by atoms with van der Waals surface area (Å²) in [5.41, 5.74) is 1.28. The molecule has 0 aliphatic rings. The average Bonchev–Trinajstić information content (AvgIpc) is 3.10. The molecule has 0 saturated heterocycles. The van der Waals surface area contributed by atoms with Crippen LogP contribution in [0.4, 0.5) is 0 Å². The Kier molecular flexibility index (Phi) is 7.33. The maximum absolute atomic E-state index is 12.5. The molecule has 2 rings (SSSR count). The Hall–Kier alpha value is -1.74. The molecule has 2 aromatic rings. The molecule has 2 N–H and O–H groups in total. The molecule has 0 aliphatic carbocycles. The highest BCUT2D eigenvalue weighted by molar-refractivity contribution is 7.91. The number of carboxylic acids is 1. The minimum Gasteiger partial charge on any atom is -0.478 e. The van der Waals surface area contributed by atoms with Crippen LogP contribution >= 0.6 is 11.3 Å². The van der Waals surface area contributed by atoms with Gasteiger partial charge in [-0.25, -0.2) is 13.2 Å². The van der Waals surface area contributed by atoms with Gasteiger partial charge in [-0.05, 0) is 36.2 Å². The number of carbonyl (C=O) groups is 1. The van der Waals surface area contributed by atoms with Crippen LogP contribution in [0.1, 0.15) is 34.6 Å². The summed E-state index contributed by atoms with van der Waals surface area (Å²) in [5, 5.41) is 12.2. The lowest BCUT2D eigenvalue weighted by molar-refractivity contribution is 0.0697. The molecule has 0 bridgehead atoms. The molecular formula is C18H24N2O4S2. The molecule has 0 atom stereocenters. The largest absolute Gasteiger partial charge is 0.478 e. The van der Waals surface area contributed by atoms with Crippen molar-refractivity contribution in [1.82, 2.24) is 9.62 Å². The molecule has 0 radical (unpaired) electrons. The van der Waals surface area contributed by atoms with Gasteiger partial charge in [0, 0.05) is 31.1 Å². The standard InChI is InChI=1S/C18H24N2O4S2/c1-3-20(4-2)26(23,24)17-10-9-16(25-17)11-12-19-13-14-5-7-15(8-6-14)18(21)22/h5-10,19H,3-4,11-13H2,1-2H3,(H,21,22). The van der Waals surface area contributed by atoms with Gasteiger partial charge in [-0.3, -0.25) is 0 Å². The molecule has 6 nitrogen and oxygen atoms in total. The van der Waals surface area contributed by atoms with Crippen LogP contribution in [-0.2, 0) is 23.0 Å². The molecule has 0 saturated carbocycles. The second-order valence-corrected chi connectivity index (χ2v) is 9.07. The molecule has 1 aromatic carbocycles. The van der Waals surface area contributed by atoms with Crippen molar-refractivity contribution in [2.45, 2.75) is 31.0 Å². The third-order valence-corrected chi connectivity index (χ3v) is 7.68. The SMILES string of the molecule is CCN(CC)S(=O)(=O)c1ccc(CCNCc2ccc(C(=O)O)cc2)s1. The average molecular weight is 397 g/mol. The first kappa shape index (κ1) is 20.6. The van der Waals surface area contributed by atoms with Gasteiger partial charge >= 0.3 is 5.97 Å². The number of nitrogens with one attached hydrogen (secondary N) is 1. The van der Waals surface area contributed by atoms with Crippen LogP contribution < -0.4 is 5.32 Å². The number of aromatic carboxylic acids is 1. The summed E-state index contributed by atoms with van der Waals surface area (Å²) in [7, 11) is -3.38. The summed E-state index contributed by atoms with van der Waals surface area (Å²) in [6, 6.07) is 10.3. The number of nitrogens with zero attached hydrogens (tertiary/aromatic N) is 1. The lowest BCUT2D eigenvalue weighted by atomic mass is 10.1. The Morgan fingerprint density at radius 2 is 1.77 bits per heavy atom. The fraction of sp³-hybridized carbons (Fsp3) is 0.389. The van der Waals surface area contributed by atoms with Crippen LogP contribution in [0.5, 0.6) is 0 Å². The molecule has 0 unspecified atom stereocenters. The summed E-state index contributed by atoms with van der Waals surface area (Å²) in [6.07, 6.45) is 0.742. The van der Waals surface area contributed by atoms with Crippen molar-refractivity contribution >= 4 is 27.3 Å². The van der Waals surface area contributed by atoms with E-state index in [1.807, 2.05) is 19.9 Å². The van der Waals surface area contributed by atoms with Gasteiger partial charge in [0.05, 0.1) is 5.56 Å². The molecule has 26 heavy (non-hydrogen) atoms. The fourth-order valence-corrected chi connectivity index (χ4v) is 5.50. The van der Waals surface area contributed by atoms with E-state index in [1.54, 1.807) is 30.3 Å². The van der Waals surface area contributed by atoms with Gasteiger partial charge in [-0.2, -0.15) is 4.31 Å². The predicted octanol–water partition coefficient (Wildman–Crippen LogP) is 2.81. The van der Waals surface area contributed by atoms with Crippen LogP contribution in [0.2, 0.25) is 0 Å². The van der Waals surface area contributed by atoms with E-state index in [9.17, 15) is 13.2 Å². The van der Waals surface area contributed by atoms with Crippen molar-refractivity contribution in [2.75, 3.05) is 19.6 Å². The predicted molar refractivity (Wildman–Crippen MR) is 103 cm³/mol. The van der Waals surface area contributed by atoms with Crippen LogP contribution in [0.3, 0.4) is 0 Å². The van der Waals surface area contributed by atoms with E-state index < -0.39 is 16.0 Å². The van der Waals surface area contributed by atoms with E-state index in [-0.39, 0.29) is 5.56 Å². The Bertz CT molecular complexity index is 825. The highest BCUT2D eigenvalue weighted by Gasteiger charge is 2.23. The zero-order valence-corrected chi connectivity index (χ0v) is 16.6. The summed E-state index contributed by atoms with van der Waals surface area (Å²) in [4.78, 5) is 11.8. The number of carboxylic acid groups (broad SMARTS) is 1. The molecule has 1 heterocycles. The first-order valence-corrected chi connectivity index (χ1v) is 10.8. The summed E-state index contributed by atoms with van der Waals surface area (Å²) >= 11 is 1.32. The van der Waals surface area contributed by atoms with Crippen molar-refractivity contribution in [1.29, 1.82) is 0 Å². The second-order valence-electron chi connectivity index (χ2n) is 5.74. The van der Waals surface area contributed by atoms with E-state index in [4.69, 9.17) is 5.11 Å². The smallest absolute Gasteiger partial charge is 0.335 e. The van der Waals surface area contributed by atoms with Gasteiger partial charge in [0.2, 0.25) is 0 Å². The number of rotatable bonds is 10. The lowest BCUT2D eigenvalue weighted by Crippen LogP contribution is -2.29. The van der Waals surface area contributed by atoms with Gasteiger partial charge in [0.25, 0.3) is 10.0 Å². The highest BCUT2D eigenvalue weighted by Crippen LogP contribution is 2.25. The zero-order chi connectivity index (χ0) is 19.2. The Balaban J connectivity index is 1.85. The highest BCUT2D eigenvalue weighted by atomic mass is 32.2. The summed E-state index contributed by atoms with van der Waals surface area (Å²) in [6.45, 7) is 5.95. The number of hydrogen-bond donors (Lipinski definition) is 2. The van der Waals surface area contributed by atoms with Gasteiger partial charge in [0.15, 0.2) is 0 Å². The zero-order valence-electron chi connectivity index (χ0n) is 14.9. The monoisotopic (exact) mass is 396 g/mol. The van der Waals surface area contributed by atoms with Crippen molar-refractivity contribution < 1.29 is 18.3 Å². The molecule has 0 spiro atoms. The first-order chi connectivity index (χ1) is 12.4. The van der Waals surface area contributed by atoms with Crippen molar-refractivity contribution in [3.8, 4) is 0 Å². The minimum atomic E-state index is -3.38. The molecular weight excluding hydrogens is 372 g/mol. The first-order valence-electron chi connectivity index (χ1n) is 8.50. The van der Waals surface area contributed by atoms with E-state index in [2.05, 4.69) is 5.32 Å². The normalized spacial score (nSPS) is 11.8. The third-order valence-electron chi connectivity index (χ3n) is 4.01. The summed E-state index contributed by atoms with van der Waals surface area (Å²) in [5.74, 6) is -0.933. The minimum absolute atomic E-state index is 0.272. The van der Waals surface area contributed by atoms with Crippen molar-refractivity contribution in [3.63, 3.8) is 0 Å². The quantitative estimate of drug-likeness (QED) is 0.603. The summed E-state index contributed by atoms with van der Waals surface area (Å²) < 4.78 is 26.8. The van der Waals surface area contributed by atoms with E-state index in [0.717, 1.165) is 16.9 Å². The van der Waals surface area contributed by atoms with Crippen LogP contribution in [0.25, 0.3) is 0 Å². The second kappa shape index (κ2) is 9.27. The number of benzene rings is 1. The number of hydrogen-bond acceptors (Lipinski definition) is 5. The maximum Gasteiger partial charge on any atom is 0.335 e. The topological polar surface area (TPSA) is 86.7 Å². The fourth-order valence-electron chi connectivity index (χ4n) is 2.53. The lowest BCUT2D eigenvalue weighted by Gasteiger charge is -2.16. The molecule has 142 valence electrons. The molecule has 8 heteroatoms. The maximum atomic E-state index is 12.5. The Morgan fingerprint density at radius 1 is 1.12 bits per heavy atom. The molecule has 1 aromatic heterocycles. The van der Waals surface area contributed by atoms with Crippen molar-refractivity contribution in [3.05, 3.63) is 52.4 Å². The van der Waals surface area contributed by atoms with Gasteiger partial charge < -0.3 is 10.4 Å². The van der Waals surface area contributed by atoms with E-state index in [0.29, 0.717) is 30.4 Å². The van der Waals surface area contributed by atoms with Crippen LogP contribution in [-0.4, -0.2) is 43.4 Å². The van der Waals surface area contributed by atoms with E-state index >= 15 is 0 Å². The third kappa shape index (κ3) is 5.14. The Morgan fingerprint density at radius 3 is 2.35 bits per heavy atom. The molecule has 0 aliphatic heterocycles. The molecule has 0 fully saturated rings. The number of thiophene rings is 1. The van der Waals surface area contributed by atoms with E-state index in [1.165, 1.54) is 15.6 Å².